The first-order valence-corrected chi connectivity index (χ1v) is 9.51. The Morgan fingerprint density at radius 2 is 1.93 bits per heavy atom. The molecule has 10 heteroatoms. The molecule has 0 bridgehead atoms. The lowest BCUT2D eigenvalue weighted by molar-refractivity contribution is -0.128. The highest BCUT2D eigenvalue weighted by molar-refractivity contribution is 6.39. The molecule has 0 unspecified atom stereocenters. The number of nitrogens with two attached hydrogens (primary N) is 1. The number of rotatable bonds is 6. The first-order valence-electron chi connectivity index (χ1n) is 8.76. The van der Waals surface area contributed by atoms with Crippen LogP contribution < -0.4 is 16.4 Å². The van der Waals surface area contributed by atoms with E-state index in [0.29, 0.717) is 25.9 Å². The van der Waals surface area contributed by atoms with Gasteiger partial charge in [-0.1, -0.05) is 35.8 Å². The van der Waals surface area contributed by atoms with E-state index in [4.69, 9.17) is 34.3 Å². The van der Waals surface area contributed by atoms with E-state index in [1.807, 2.05) is 0 Å². The molecule has 1 aliphatic rings. The van der Waals surface area contributed by atoms with Crippen molar-refractivity contribution in [1.29, 1.82) is 5.41 Å². The standard InChI is InChI=1S/C19H21Cl2N5O3/c1-2-15(27)26-8-4-5-11(10-26)24-19(29)17(23)14(9-22)25-18(28)16-12(20)6-3-7-13(16)21/h2-3,6-7,9,11,22H,1,4-5,8,10,23H2,(H,24,29)(H,25,28)/b17-14+,22-9?/t11-/m0/s1. The molecule has 3 amide bonds. The van der Waals surface area contributed by atoms with Gasteiger partial charge in [0.1, 0.15) is 5.70 Å². The van der Waals surface area contributed by atoms with Gasteiger partial charge in [-0.15, -0.1) is 0 Å². The highest BCUT2D eigenvalue weighted by Crippen LogP contribution is 2.24. The van der Waals surface area contributed by atoms with Crippen molar-refractivity contribution < 1.29 is 14.4 Å². The molecular weight excluding hydrogens is 417 g/mol. The number of nitrogens with one attached hydrogen (secondary N) is 3. The molecule has 5 N–H and O–H groups in total. The predicted molar refractivity (Wildman–Crippen MR) is 112 cm³/mol. The maximum atomic E-state index is 12.5. The summed E-state index contributed by atoms with van der Waals surface area (Å²) in [6.07, 6.45) is 3.36. The molecule has 0 aliphatic carbocycles. The Labute approximate surface area is 178 Å². The summed E-state index contributed by atoms with van der Waals surface area (Å²) < 4.78 is 0. The molecular formula is C19H21Cl2N5O3. The third-order valence-electron chi connectivity index (χ3n) is 4.36. The van der Waals surface area contributed by atoms with Gasteiger partial charge < -0.3 is 26.7 Å². The third-order valence-corrected chi connectivity index (χ3v) is 4.99. The Balaban J connectivity index is 2.11. The van der Waals surface area contributed by atoms with Crippen molar-refractivity contribution >= 4 is 47.1 Å². The zero-order chi connectivity index (χ0) is 21.6. The van der Waals surface area contributed by atoms with Crippen molar-refractivity contribution in [3.8, 4) is 0 Å². The second-order valence-electron chi connectivity index (χ2n) is 6.32. The summed E-state index contributed by atoms with van der Waals surface area (Å²) in [5.74, 6) is -1.57. The van der Waals surface area contributed by atoms with Crippen LogP contribution in [-0.2, 0) is 9.59 Å². The lowest BCUT2D eigenvalue weighted by Gasteiger charge is -2.32. The number of carbonyl (C=O) groups is 3. The fraction of sp³-hybridized carbons (Fsp3) is 0.263. The number of likely N-dealkylation sites (tertiary alicyclic amines) is 1. The molecule has 0 spiro atoms. The van der Waals surface area contributed by atoms with E-state index < -0.39 is 11.8 Å². The van der Waals surface area contributed by atoms with Gasteiger partial charge >= 0.3 is 0 Å². The molecule has 29 heavy (non-hydrogen) atoms. The maximum Gasteiger partial charge on any atom is 0.269 e. The average Bonchev–Trinajstić information content (AvgIpc) is 2.70. The minimum absolute atomic E-state index is 0.00857. The van der Waals surface area contributed by atoms with Crippen LogP contribution in [0.4, 0.5) is 0 Å². The highest BCUT2D eigenvalue weighted by Gasteiger charge is 2.25. The number of amides is 3. The smallest absolute Gasteiger partial charge is 0.269 e. The van der Waals surface area contributed by atoms with Crippen molar-refractivity contribution in [1.82, 2.24) is 15.5 Å². The van der Waals surface area contributed by atoms with Gasteiger partial charge in [-0.2, -0.15) is 0 Å². The number of piperidine rings is 1. The number of hydrogen-bond donors (Lipinski definition) is 4. The molecule has 1 fully saturated rings. The van der Waals surface area contributed by atoms with Gasteiger partial charge in [0.15, 0.2) is 0 Å². The summed E-state index contributed by atoms with van der Waals surface area (Å²) in [4.78, 5) is 38.3. The SMILES string of the molecule is C=CC(=O)N1CCC[C@H](NC(=O)/C(N)=C(/C=N)NC(=O)c2c(Cl)cccc2Cl)C1. The summed E-state index contributed by atoms with van der Waals surface area (Å²) in [7, 11) is 0. The fourth-order valence-electron chi connectivity index (χ4n) is 2.89. The third kappa shape index (κ3) is 5.58. The summed E-state index contributed by atoms with van der Waals surface area (Å²) in [5, 5.41) is 12.8. The lowest BCUT2D eigenvalue weighted by Crippen LogP contribution is -2.50. The zero-order valence-corrected chi connectivity index (χ0v) is 17.0. The topological polar surface area (TPSA) is 128 Å². The van der Waals surface area contributed by atoms with E-state index in [0.717, 1.165) is 6.21 Å². The van der Waals surface area contributed by atoms with Crippen molar-refractivity contribution in [2.75, 3.05) is 13.1 Å². The van der Waals surface area contributed by atoms with Crippen molar-refractivity contribution in [2.45, 2.75) is 18.9 Å². The minimum Gasteiger partial charge on any atom is -0.393 e. The van der Waals surface area contributed by atoms with E-state index in [-0.39, 0.29) is 39.0 Å². The van der Waals surface area contributed by atoms with E-state index >= 15 is 0 Å². The van der Waals surface area contributed by atoms with Crippen LogP contribution in [0.2, 0.25) is 10.0 Å². The summed E-state index contributed by atoms with van der Waals surface area (Å²) >= 11 is 12.0. The van der Waals surface area contributed by atoms with Crippen LogP contribution in [0.5, 0.6) is 0 Å². The number of halogens is 2. The van der Waals surface area contributed by atoms with Crippen LogP contribution >= 0.6 is 23.2 Å². The first-order chi connectivity index (χ1) is 13.8. The molecule has 1 saturated heterocycles. The second kappa shape index (κ2) is 10.1. The molecule has 1 aromatic carbocycles. The van der Waals surface area contributed by atoms with Crippen molar-refractivity contribution in [3.63, 3.8) is 0 Å². The van der Waals surface area contributed by atoms with Gasteiger partial charge in [0.25, 0.3) is 11.8 Å². The van der Waals surface area contributed by atoms with Crippen LogP contribution in [0.15, 0.2) is 42.2 Å². The van der Waals surface area contributed by atoms with Crippen molar-refractivity contribution in [3.05, 3.63) is 57.9 Å². The summed E-state index contributed by atoms with van der Waals surface area (Å²) in [6, 6.07) is 4.26. The van der Waals surface area contributed by atoms with Gasteiger partial charge in [-0.05, 0) is 31.1 Å². The molecule has 0 aromatic heterocycles. The molecule has 0 saturated carbocycles. The monoisotopic (exact) mass is 437 g/mol. The molecule has 154 valence electrons. The van der Waals surface area contributed by atoms with Gasteiger partial charge in [-0.25, -0.2) is 0 Å². The summed E-state index contributed by atoms with van der Waals surface area (Å²) in [5.41, 5.74) is 5.32. The predicted octanol–water partition coefficient (Wildman–Crippen LogP) is 1.84. The van der Waals surface area contributed by atoms with Crippen LogP contribution in [0.25, 0.3) is 0 Å². The molecule has 1 heterocycles. The lowest BCUT2D eigenvalue weighted by atomic mass is 10.1. The summed E-state index contributed by atoms with van der Waals surface area (Å²) in [6.45, 7) is 4.37. The van der Waals surface area contributed by atoms with E-state index in [1.54, 1.807) is 11.0 Å². The molecule has 1 aliphatic heterocycles. The van der Waals surface area contributed by atoms with Gasteiger partial charge in [0, 0.05) is 25.3 Å². The van der Waals surface area contributed by atoms with Crippen LogP contribution in [0.1, 0.15) is 23.2 Å². The first kappa shape index (κ1) is 22.4. The van der Waals surface area contributed by atoms with E-state index in [1.165, 1.54) is 18.2 Å². The zero-order valence-electron chi connectivity index (χ0n) is 15.5. The van der Waals surface area contributed by atoms with Gasteiger partial charge in [0.2, 0.25) is 5.91 Å². The van der Waals surface area contributed by atoms with Crippen LogP contribution in [0, 0.1) is 5.41 Å². The molecule has 1 aromatic rings. The number of allylic oxidation sites excluding steroid dienone is 1. The van der Waals surface area contributed by atoms with Crippen LogP contribution in [-0.4, -0.2) is 48.0 Å². The Bertz CT molecular complexity index is 864. The fourth-order valence-corrected chi connectivity index (χ4v) is 3.46. The minimum atomic E-state index is -0.699. The average molecular weight is 438 g/mol. The Morgan fingerprint density at radius 3 is 2.52 bits per heavy atom. The Morgan fingerprint density at radius 1 is 1.28 bits per heavy atom. The van der Waals surface area contributed by atoms with Crippen LogP contribution in [0.3, 0.4) is 0 Å². The highest BCUT2D eigenvalue weighted by atomic mass is 35.5. The Hall–Kier alpha value is -2.84. The molecule has 2 rings (SSSR count). The van der Waals surface area contributed by atoms with Gasteiger partial charge in [0.05, 0.1) is 21.3 Å². The van der Waals surface area contributed by atoms with E-state index in [9.17, 15) is 14.4 Å². The molecule has 0 radical (unpaired) electrons. The van der Waals surface area contributed by atoms with Gasteiger partial charge in [-0.3, -0.25) is 14.4 Å². The number of benzene rings is 1. The number of carbonyl (C=O) groups excluding carboxylic acids is 3. The quantitative estimate of drug-likeness (QED) is 0.399. The largest absolute Gasteiger partial charge is 0.393 e. The molecule has 1 atom stereocenters. The number of hydrogen-bond acceptors (Lipinski definition) is 5. The van der Waals surface area contributed by atoms with E-state index in [2.05, 4.69) is 17.2 Å². The van der Waals surface area contributed by atoms with Crippen molar-refractivity contribution in [2.24, 2.45) is 5.73 Å². The maximum absolute atomic E-state index is 12.5. The second-order valence-corrected chi connectivity index (χ2v) is 7.14. The Kier molecular flexibility index (Phi) is 7.81. The number of nitrogens with zero attached hydrogens (tertiary/aromatic N) is 1. The molecule has 8 nitrogen and oxygen atoms in total. The normalized spacial score (nSPS) is 17.0.